The third-order valence-corrected chi connectivity index (χ3v) is 3.25. The van der Waals surface area contributed by atoms with Crippen molar-refractivity contribution in [3.8, 4) is 0 Å². The Bertz CT molecular complexity index is 275. The summed E-state index contributed by atoms with van der Waals surface area (Å²) in [6, 6.07) is -0.737. The Morgan fingerprint density at radius 3 is 2.60 bits per heavy atom. The van der Waals surface area contributed by atoms with Crippen LogP contribution in [0.5, 0.6) is 0 Å². The van der Waals surface area contributed by atoms with Gasteiger partial charge in [-0.1, -0.05) is 0 Å². The smallest absolute Gasteiger partial charge is 0.327 e. The number of carboxylic acids is 1. The van der Waals surface area contributed by atoms with Gasteiger partial charge < -0.3 is 15.7 Å². The second-order valence-corrected chi connectivity index (χ2v) is 5.30. The van der Waals surface area contributed by atoms with Crippen molar-refractivity contribution in [3.05, 3.63) is 0 Å². The number of nitrogens with zero attached hydrogens (tertiary/aromatic N) is 1. The maximum absolute atomic E-state index is 11.9. The molecule has 1 saturated heterocycles. The van der Waals surface area contributed by atoms with Gasteiger partial charge in [-0.15, -0.1) is 0 Å². The summed E-state index contributed by atoms with van der Waals surface area (Å²) < 4.78 is 0. The van der Waals surface area contributed by atoms with Crippen LogP contribution in [0.1, 0.15) is 13.8 Å². The second kappa shape index (κ2) is 4.40. The Kier molecular flexibility index (Phi) is 3.62. The molecule has 0 aromatic rings. The number of aliphatic carboxylic acids is 1. The molecule has 1 aliphatic heterocycles. The summed E-state index contributed by atoms with van der Waals surface area (Å²) >= 11 is 1.55. The first-order chi connectivity index (χ1) is 6.84. The predicted molar refractivity (Wildman–Crippen MR) is 58.7 cm³/mol. The molecular weight excluding hydrogens is 216 g/mol. The van der Waals surface area contributed by atoms with Crippen molar-refractivity contribution in [2.24, 2.45) is 5.73 Å². The Morgan fingerprint density at radius 2 is 2.13 bits per heavy atom. The van der Waals surface area contributed by atoms with E-state index in [1.807, 2.05) is 0 Å². The summed E-state index contributed by atoms with van der Waals surface area (Å²) in [7, 11) is 0. The van der Waals surface area contributed by atoms with Crippen LogP contribution in [0.2, 0.25) is 0 Å². The minimum absolute atomic E-state index is 0.296. The lowest BCUT2D eigenvalue weighted by Gasteiger charge is -2.36. The fourth-order valence-electron chi connectivity index (χ4n) is 1.42. The molecule has 5 nitrogen and oxygen atoms in total. The van der Waals surface area contributed by atoms with Crippen LogP contribution in [-0.4, -0.2) is 51.5 Å². The summed E-state index contributed by atoms with van der Waals surface area (Å²) in [4.78, 5) is 24.2. The highest BCUT2D eigenvalue weighted by Crippen LogP contribution is 2.19. The summed E-state index contributed by atoms with van der Waals surface area (Å²) in [5, 5.41) is 8.98. The number of amides is 1. The minimum Gasteiger partial charge on any atom is -0.480 e. The normalized spacial score (nSPS) is 22.6. The van der Waals surface area contributed by atoms with Gasteiger partial charge >= 0.3 is 5.97 Å². The number of hydrogen-bond donors (Lipinski definition) is 2. The Labute approximate surface area is 93.0 Å². The van der Waals surface area contributed by atoms with Crippen LogP contribution in [0.25, 0.3) is 0 Å². The third kappa shape index (κ3) is 2.85. The largest absolute Gasteiger partial charge is 0.480 e. The molecule has 0 aromatic heterocycles. The van der Waals surface area contributed by atoms with Gasteiger partial charge in [-0.3, -0.25) is 4.79 Å². The molecule has 3 N–H and O–H groups in total. The number of carboxylic acid groups (broad SMARTS) is 1. The van der Waals surface area contributed by atoms with E-state index in [1.165, 1.54) is 4.90 Å². The van der Waals surface area contributed by atoms with Crippen molar-refractivity contribution in [1.82, 2.24) is 4.90 Å². The maximum atomic E-state index is 11.9. The van der Waals surface area contributed by atoms with E-state index in [0.29, 0.717) is 12.3 Å². The van der Waals surface area contributed by atoms with Crippen LogP contribution in [0.15, 0.2) is 0 Å². The van der Waals surface area contributed by atoms with Crippen molar-refractivity contribution in [2.75, 3.05) is 18.1 Å². The first-order valence-electron chi connectivity index (χ1n) is 4.74. The summed E-state index contributed by atoms with van der Waals surface area (Å²) in [5.74, 6) is -0.0436. The molecule has 0 aliphatic carbocycles. The van der Waals surface area contributed by atoms with E-state index >= 15 is 0 Å². The topological polar surface area (TPSA) is 83.6 Å². The molecule has 0 bridgehead atoms. The summed E-state index contributed by atoms with van der Waals surface area (Å²) in [6.07, 6.45) is 0. The zero-order valence-electron chi connectivity index (χ0n) is 8.90. The minimum atomic E-state index is -1.00. The van der Waals surface area contributed by atoms with Gasteiger partial charge in [0.25, 0.3) is 0 Å². The first-order valence-corrected chi connectivity index (χ1v) is 5.90. The molecular formula is C9H16N2O3S. The van der Waals surface area contributed by atoms with Gasteiger partial charge in [-0.05, 0) is 13.8 Å². The van der Waals surface area contributed by atoms with Crippen molar-refractivity contribution >= 4 is 23.6 Å². The number of hydrogen-bond acceptors (Lipinski definition) is 4. The van der Waals surface area contributed by atoms with Crippen LogP contribution in [0.3, 0.4) is 0 Å². The van der Waals surface area contributed by atoms with E-state index in [9.17, 15) is 9.59 Å². The van der Waals surface area contributed by atoms with Gasteiger partial charge in [-0.2, -0.15) is 11.8 Å². The van der Waals surface area contributed by atoms with Gasteiger partial charge in [0, 0.05) is 18.1 Å². The van der Waals surface area contributed by atoms with Crippen LogP contribution >= 0.6 is 11.8 Å². The number of thioether (sulfide) groups is 1. The highest BCUT2D eigenvalue weighted by Gasteiger charge is 2.37. The SMILES string of the molecule is CC(C)(N)C(=O)N1CCSCC1C(=O)O. The number of nitrogens with two attached hydrogens (primary N) is 1. The number of rotatable bonds is 2. The zero-order chi connectivity index (χ0) is 11.6. The highest BCUT2D eigenvalue weighted by atomic mass is 32.2. The first kappa shape index (κ1) is 12.3. The van der Waals surface area contributed by atoms with E-state index < -0.39 is 17.6 Å². The molecule has 0 saturated carbocycles. The Hall–Kier alpha value is -0.750. The van der Waals surface area contributed by atoms with Crippen LogP contribution in [0.4, 0.5) is 0 Å². The van der Waals surface area contributed by atoms with E-state index in [0.717, 1.165) is 5.75 Å². The standard InChI is InChI=1S/C9H16N2O3S/c1-9(2,10)8(14)11-3-4-15-5-6(11)7(12)13/h6H,3-5,10H2,1-2H3,(H,12,13). The number of carbonyl (C=O) groups excluding carboxylic acids is 1. The zero-order valence-corrected chi connectivity index (χ0v) is 9.71. The van der Waals surface area contributed by atoms with Crippen LogP contribution < -0.4 is 5.73 Å². The van der Waals surface area contributed by atoms with Crippen molar-refractivity contribution < 1.29 is 14.7 Å². The molecule has 15 heavy (non-hydrogen) atoms. The van der Waals surface area contributed by atoms with Gasteiger partial charge in [0.05, 0.1) is 5.54 Å². The molecule has 0 aromatic carbocycles. The maximum Gasteiger partial charge on any atom is 0.327 e. The van der Waals surface area contributed by atoms with Crippen molar-refractivity contribution in [1.29, 1.82) is 0 Å². The number of carbonyl (C=O) groups is 2. The molecule has 1 rings (SSSR count). The fourth-order valence-corrected chi connectivity index (χ4v) is 2.46. The van der Waals surface area contributed by atoms with Gasteiger partial charge in [-0.25, -0.2) is 4.79 Å². The fraction of sp³-hybridized carbons (Fsp3) is 0.778. The quantitative estimate of drug-likeness (QED) is 0.686. The molecule has 0 radical (unpaired) electrons. The molecule has 1 atom stereocenters. The van der Waals surface area contributed by atoms with Crippen molar-refractivity contribution in [2.45, 2.75) is 25.4 Å². The molecule has 1 aliphatic rings. The van der Waals surface area contributed by atoms with E-state index in [-0.39, 0.29) is 5.91 Å². The molecule has 0 spiro atoms. The third-order valence-electron chi connectivity index (χ3n) is 2.23. The lowest BCUT2D eigenvalue weighted by atomic mass is 10.0. The lowest BCUT2D eigenvalue weighted by Crippen LogP contribution is -2.58. The second-order valence-electron chi connectivity index (χ2n) is 4.15. The summed E-state index contributed by atoms with van der Waals surface area (Å²) in [5.41, 5.74) is 4.68. The van der Waals surface area contributed by atoms with Crippen LogP contribution in [0, 0.1) is 0 Å². The Balaban J connectivity index is 2.81. The molecule has 1 amide bonds. The molecule has 1 fully saturated rings. The van der Waals surface area contributed by atoms with E-state index in [2.05, 4.69) is 0 Å². The molecule has 1 unspecified atom stereocenters. The average Bonchev–Trinajstić information content (AvgIpc) is 2.15. The lowest BCUT2D eigenvalue weighted by molar-refractivity contribution is -0.151. The molecule has 1 heterocycles. The van der Waals surface area contributed by atoms with Gasteiger partial charge in [0.15, 0.2) is 0 Å². The van der Waals surface area contributed by atoms with Gasteiger partial charge in [0.2, 0.25) is 5.91 Å². The highest BCUT2D eigenvalue weighted by molar-refractivity contribution is 7.99. The van der Waals surface area contributed by atoms with E-state index in [1.54, 1.807) is 25.6 Å². The summed E-state index contributed by atoms with van der Waals surface area (Å²) in [6.45, 7) is 3.65. The van der Waals surface area contributed by atoms with Crippen molar-refractivity contribution in [3.63, 3.8) is 0 Å². The monoisotopic (exact) mass is 232 g/mol. The van der Waals surface area contributed by atoms with E-state index in [4.69, 9.17) is 10.8 Å². The van der Waals surface area contributed by atoms with Crippen LogP contribution in [-0.2, 0) is 9.59 Å². The Morgan fingerprint density at radius 1 is 1.53 bits per heavy atom. The molecule has 6 heteroatoms. The predicted octanol–water partition coefficient (Wildman–Crippen LogP) is -0.248. The average molecular weight is 232 g/mol. The molecule has 86 valence electrons. The van der Waals surface area contributed by atoms with Gasteiger partial charge in [0.1, 0.15) is 6.04 Å².